The molecular weight excluding hydrogens is 640 g/mol. The Morgan fingerprint density at radius 3 is 2.35 bits per heavy atom. The van der Waals surface area contributed by atoms with Gasteiger partial charge in [0.15, 0.2) is 0 Å². The second-order valence-corrected chi connectivity index (χ2v) is 14.7. The second-order valence-electron chi connectivity index (χ2n) is 14.7. The standard InChI is InChI=1S/C42H56N4O5/c1-5-14-36(42(51)45-37(27-31-17-10-7-11-18-31)40(49)38(47)25-29(2)3)44-41(50)33(26-30-15-8-6-9-16-30)28-39(48)46(4)24-23-34-22-21-32-19-12-13-20-35(32)43-34/h1,6,8-9,12-13,15-16,19-22,29,31,33,36-38,40,47,49H,7,10-11,14,17-18,23-28H2,2-4H3,(H,44,50)(H,45,51)/t33?,36-,37?,38?,40+/m0/s1. The molecule has 1 heterocycles. The molecule has 0 bridgehead atoms. The lowest BCUT2D eigenvalue weighted by Gasteiger charge is -2.33. The molecule has 274 valence electrons. The van der Waals surface area contributed by atoms with Crippen LogP contribution in [-0.4, -0.2) is 75.7 Å². The third-order valence-corrected chi connectivity index (χ3v) is 10.0. The Kier molecular flexibility index (Phi) is 15.5. The zero-order valence-electron chi connectivity index (χ0n) is 30.5. The molecule has 1 aliphatic carbocycles. The summed E-state index contributed by atoms with van der Waals surface area (Å²) in [5.74, 6) is 1.08. The number of para-hydroxylation sites is 1. The molecular formula is C42H56N4O5. The molecule has 4 rings (SSSR count). The highest BCUT2D eigenvalue weighted by molar-refractivity contribution is 5.91. The largest absolute Gasteiger partial charge is 0.390 e. The van der Waals surface area contributed by atoms with Gasteiger partial charge >= 0.3 is 0 Å². The van der Waals surface area contributed by atoms with Crippen LogP contribution < -0.4 is 10.6 Å². The molecule has 1 saturated carbocycles. The number of hydrogen-bond acceptors (Lipinski definition) is 6. The van der Waals surface area contributed by atoms with Crippen LogP contribution >= 0.6 is 0 Å². The maximum Gasteiger partial charge on any atom is 0.243 e. The molecule has 2 aromatic carbocycles. The third-order valence-electron chi connectivity index (χ3n) is 10.0. The first kappa shape index (κ1) is 39.5. The minimum atomic E-state index is -1.16. The van der Waals surface area contributed by atoms with Crippen LogP contribution in [0.15, 0.2) is 66.7 Å². The number of aromatic nitrogens is 1. The minimum Gasteiger partial charge on any atom is -0.390 e. The number of fused-ring (bicyclic) bond motifs is 1. The lowest BCUT2D eigenvalue weighted by molar-refractivity contribution is -0.136. The number of rotatable bonds is 18. The van der Waals surface area contributed by atoms with E-state index in [9.17, 15) is 24.6 Å². The maximum atomic E-state index is 13.9. The number of amides is 3. The van der Waals surface area contributed by atoms with Gasteiger partial charge in [0, 0.05) is 43.9 Å². The molecule has 3 amide bonds. The number of carbonyl (C=O) groups excluding carboxylic acids is 3. The van der Waals surface area contributed by atoms with Crippen molar-refractivity contribution < 1.29 is 24.6 Å². The van der Waals surface area contributed by atoms with Gasteiger partial charge in [-0.05, 0) is 48.8 Å². The van der Waals surface area contributed by atoms with Crippen LogP contribution in [0.1, 0.15) is 82.9 Å². The van der Waals surface area contributed by atoms with Crippen LogP contribution in [0.4, 0.5) is 0 Å². The Bertz CT molecular complexity index is 1600. The Labute approximate surface area is 303 Å². The van der Waals surface area contributed by atoms with E-state index >= 15 is 0 Å². The predicted octanol–water partition coefficient (Wildman–Crippen LogP) is 5.22. The van der Waals surface area contributed by atoms with Crippen LogP contribution in [0.3, 0.4) is 0 Å². The number of aliphatic hydroxyl groups is 2. The highest BCUT2D eigenvalue weighted by atomic mass is 16.3. The van der Waals surface area contributed by atoms with E-state index in [1.807, 2.05) is 80.6 Å². The molecule has 0 aliphatic heterocycles. The average Bonchev–Trinajstić information content (AvgIpc) is 3.13. The average molecular weight is 697 g/mol. The van der Waals surface area contributed by atoms with Gasteiger partial charge in [0.05, 0.1) is 23.6 Å². The molecule has 0 radical (unpaired) electrons. The number of pyridine rings is 1. The summed E-state index contributed by atoms with van der Waals surface area (Å²) in [5.41, 5.74) is 2.66. The highest BCUT2D eigenvalue weighted by Crippen LogP contribution is 2.29. The van der Waals surface area contributed by atoms with E-state index in [-0.39, 0.29) is 24.7 Å². The summed E-state index contributed by atoms with van der Waals surface area (Å²) in [6.07, 6.45) is 10.6. The number of nitrogens with zero attached hydrogens (tertiary/aromatic N) is 2. The number of nitrogens with one attached hydrogen (secondary N) is 2. The van der Waals surface area contributed by atoms with E-state index in [0.717, 1.165) is 47.8 Å². The molecule has 0 spiro atoms. The third kappa shape index (κ3) is 12.5. The van der Waals surface area contributed by atoms with Crippen molar-refractivity contribution >= 4 is 28.6 Å². The van der Waals surface area contributed by atoms with E-state index in [1.165, 1.54) is 6.42 Å². The summed E-state index contributed by atoms with van der Waals surface area (Å²) in [5, 5.41) is 28.9. The number of hydrogen-bond donors (Lipinski definition) is 4. The van der Waals surface area contributed by atoms with E-state index in [2.05, 4.69) is 16.6 Å². The predicted molar refractivity (Wildman–Crippen MR) is 201 cm³/mol. The number of aliphatic hydroxyl groups excluding tert-OH is 2. The van der Waals surface area contributed by atoms with Crippen molar-refractivity contribution in [2.45, 2.75) is 109 Å². The normalized spacial score (nSPS) is 16.4. The summed E-state index contributed by atoms with van der Waals surface area (Å²) in [4.78, 5) is 47.6. The molecule has 9 heteroatoms. The fraction of sp³-hybridized carbons (Fsp3) is 0.524. The Morgan fingerprint density at radius 2 is 1.65 bits per heavy atom. The van der Waals surface area contributed by atoms with Gasteiger partial charge in [-0.3, -0.25) is 19.4 Å². The summed E-state index contributed by atoms with van der Waals surface area (Å²) < 4.78 is 0. The molecule has 3 aromatic rings. The summed E-state index contributed by atoms with van der Waals surface area (Å²) in [7, 11) is 1.72. The number of likely N-dealkylation sites (N-methyl/N-ethyl adjacent to an activating group) is 1. The zero-order chi connectivity index (χ0) is 36.8. The molecule has 1 aromatic heterocycles. The fourth-order valence-corrected chi connectivity index (χ4v) is 7.03. The van der Waals surface area contributed by atoms with Gasteiger partial charge in [-0.25, -0.2) is 0 Å². The van der Waals surface area contributed by atoms with Crippen LogP contribution in [0.2, 0.25) is 0 Å². The smallest absolute Gasteiger partial charge is 0.243 e. The molecule has 9 nitrogen and oxygen atoms in total. The van der Waals surface area contributed by atoms with Gasteiger partial charge in [-0.2, -0.15) is 0 Å². The van der Waals surface area contributed by atoms with Crippen molar-refractivity contribution in [2.75, 3.05) is 13.6 Å². The first-order valence-electron chi connectivity index (χ1n) is 18.6. The molecule has 51 heavy (non-hydrogen) atoms. The first-order chi connectivity index (χ1) is 24.5. The van der Waals surface area contributed by atoms with Crippen molar-refractivity contribution in [3.05, 3.63) is 78.0 Å². The molecule has 1 fully saturated rings. The van der Waals surface area contributed by atoms with Gasteiger partial charge in [-0.15, -0.1) is 12.3 Å². The number of benzene rings is 2. The SMILES string of the molecule is C#CC[C@H](NC(=O)C(CC(=O)N(C)CCc1ccc2ccccc2n1)Cc1ccccc1)C(=O)NC(CC1CCCCC1)[C@@H](O)C(O)CC(C)C. The lowest BCUT2D eigenvalue weighted by Crippen LogP contribution is -2.56. The Balaban J connectivity index is 1.45. The quantitative estimate of drug-likeness (QED) is 0.135. The van der Waals surface area contributed by atoms with Gasteiger partial charge in [-0.1, -0.05) is 101 Å². The van der Waals surface area contributed by atoms with E-state index in [0.29, 0.717) is 38.1 Å². The Morgan fingerprint density at radius 1 is 0.941 bits per heavy atom. The van der Waals surface area contributed by atoms with Gasteiger partial charge in [0.1, 0.15) is 12.1 Å². The van der Waals surface area contributed by atoms with Crippen molar-refractivity contribution in [3.63, 3.8) is 0 Å². The second kappa shape index (κ2) is 20.0. The van der Waals surface area contributed by atoms with Crippen LogP contribution in [0, 0.1) is 30.1 Å². The summed E-state index contributed by atoms with van der Waals surface area (Å²) in [6, 6.07) is 19.6. The lowest BCUT2D eigenvalue weighted by atomic mass is 9.82. The van der Waals surface area contributed by atoms with Crippen LogP contribution in [0.25, 0.3) is 10.9 Å². The molecule has 4 N–H and O–H groups in total. The summed E-state index contributed by atoms with van der Waals surface area (Å²) in [6.45, 7) is 4.37. The highest BCUT2D eigenvalue weighted by Gasteiger charge is 2.34. The van der Waals surface area contributed by atoms with Crippen molar-refractivity contribution in [3.8, 4) is 12.3 Å². The van der Waals surface area contributed by atoms with Crippen molar-refractivity contribution in [1.82, 2.24) is 20.5 Å². The van der Waals surface area contributed by atoms with Gasteiger partial charge < -0.3 is 25.7 Å². The van der Waals surface area contributed by atoms with E-state index in [4.69, 9.17) is 11.4 Å². The molecule has 1 aliphatic rings. The summed E-state index contributed by atoms with van der Waals surface area (Å²) >= 11 is 0. The Hall–Kier alpha value is -4.26. The van der Waals surface area contributed by atoms with Crippen molar-refractivity contribution in [1.29, 1.82) is 0 Å². The zero-order valence-corrected chi connectivity index (χ0v) is 30.5. The first-order valence-corrected chi connectivity index (χ1v) is 18.6. The maximum absolute atomic E-state index is 13.9. The van der Waals surface area contributed by atoms with Gasteiger partial charge in [0.2, 0.25) is 17.7 Å². The van der Waals surface area contributed by atoms with E-state index < -0.39 is 42.0 Å². The fourth-order valence-electron chi connectivity index (χ4n) is 7.03. The number of carbonyl (C=O) groups is 3. The molecule has 0 saturated heterocycles. The van der Waals surface area contributed by atoms with Gasteiger partial charge in [0.25, 0.3) is 0 Å². The topological polar surface area (TPSA) is 132 Å². The van der Waals surface area contributed by atoms with E-state index in [1.54, 1.807) is 11.9 Å². The van der Waals surface area contributed by atoms with Crippen LogP contribution in [-0.2, 0) is 27.2 Å². The van der Waals surface area contributed by atoms with Crippen molar-refractivity contribution in [2.24, 2.45) is 17.8 Å². The molecule has 5 atom stereocenters. The number of terminal acetylenes is 1. The van der Waals surface area contributed by atoms with Crippen LogP contribution in [0.5, 0.6) is 0 Å². The monoisotopic (exact) mass is 696 g/mol. The molecule has 3 unspecified atom stereocenters. The minimum absolute atomic E-state index is 0.0584.